The van der Waals surface area contributed by atoms with Crippen molar-refractivity contribution in [3.05, 3.63) is 54.1 Å². The van der Waals surface area contributed by atoms with Crippen LogP contribution in [0.1, 0.15) is 49.9 Å². The summed E-state index contributed by atoms with van der Waals surface area (Å²) in [7, 11) is 2.15. The summed E-state index contributed by atoms with van der Waals surface area (Å²) < 4.78 is 2.26. The van der Waals surface area contributed by atoms with Gasteiger partial charge in [-0.2, -0.15) is 0 Å². The quantitative estimate of drug-likeness (QED) is 0.805. The lowest BCUT2D eigenvalue weighted by atomic mass is 9.88. The number of hydrogen-bond acceptors (Lipinski definition) is 4. The Bertz CT molecular complexity index is 888. The molecule has 29 heavy (non-hydrogen) atoms. The van der Waals surface area contributed by atoms with E-state index in [1.165, 1.54) is 43.6 Å². The van der Waals surface area contributed by atoms with Crippen LogP contribution in [0.3, 0.4) is 0 Å². The van der Waals surface area contributed by atoms with Gasteiger partial charge in [0.2, 0.25) is 0 Å². The predicted octanol–water partition coefficient (Wildman–Crippen LogP) is 3.99. The standard InChI is InChI=1S/C24H35N5/c1-5-6-11-28-12-14-29(15-13-28)17-24-26-22-16-20(8-10-23(22)27(24)4)21-9-7-18(2)25-19(21)3/h8,10,16,21,25H,2-3,5-7,9,11-15,17H2,1,4H3. The van der Waals surface area contributed by atoms with E-state index in [9.17, 15) is 0 Å². The number of nitrogens with zero attached hydrogens (tertiary/aromatic N) is 4. The molecular formula is C24H35N5. The van der Waals surface area contributed by atoms with E-state index in [4.69, 9.17) is 4.98 Å². The Morgan fingerprint density at radius 2 is 1.90 bits per heavy atom. The van der Waals surface area contributed by atoms with Crippen LogP contribution in [0.25, 0.3) is 11.0 Å². The second-order valence-corrected chi connectivity index (χ2v) is 8.65. The number of piperidine rings is 1. The van der Waals surface area contributed by atoms with Crippen LogP contribution in [-0.4, -0.2) is 52.1 Å². The SMILES string of the molecule is C=C1CCC(c2ccc3c(c2)nc(CN2CCN(CCCC)CC2)n3C)C(=C)N1. The van der Waals surface area contributed by atoms with E-state index in [1.54, 1.807) is 0 Å². The van der Waals surface area contributed by atoms with Gasteiger partial charge in [-0.25, -0.2) is 4.98 Å². The minimum atomic E-state index is 0.339. The maximum Gasteiger partial charge on any atom is 0.123 e. The molecule has 2 saturated heterocycles. The Balaban J connectivity index is 1.45. The molecule has 2 fully saturated rings. The van der Waals surface area contributed by atoms with Gasteiger partial charge in [-0.1, -0.05) is 32.6 Å². The van der Waals surface area contributed by atoms with Gasteiger partial charge in [0.1, 0.15) is 5.82 Å². The third kappa shape index (κ3) is 4.41. The zero-order chi connectivity index (χ0) is 20.4. The van der Waals surface area contributed by atoms with Crippen LogP contribution in [0, 0.1) is 0 Å². The maximum absolute atomic E-state index is 5.01. The molecule has 0 bridgehead atoms. The number of unbranched alkanes of at least 4 members (excludes halogenated alkanes) is 1. The van der Waals surface area contributed by atoms with Crippen molar-refractivity contribution in [2.45, 2.75) is 45.1 Å². The first kappa shape index (κ1) is 20.2. The van der Waals surface area contributed by atoms with E-state index in [0.717, 1.165) is 55.2 Å². The average Bonchev–Trinajstić information content (AvgIpc) is 3.02. The van der Waals surface area contributed by atoms with Gasteiger partial charge in [0.05, 0.1) is 17.6 Å². The lowest BCUT2D eigenvalue weighted by molar-refractivity contribution is 0.123. The lowest BCUT2D eigenvalue weighted by Gasteiger charge is -2.34. The Hall–Kier alpha value is -2.11. The normalized spacial score (nSPS) is 21.7. The summed E-state index contributed by atoms with van der Waals surface area (Å²) in [6, 6.07) is 6.72. The molecule has 1 N–H and O–H groups in total. The molecule has 5 heteroatoms. The summed E-state index contributed by atoms with van der Waals surface area (Å²) in [5, 5.41) is 3.34. The summed E-state index contributed by atoms with van der Waals surface area (Å²) in [4.78, 5) is 10.2. The van der Waals surface area contributed by atoms with Crippen LogP contribution >= 0.6 is 0 Å². The van der Waals surface area contributed by atoms with E-state index in [0.29, 0.717) is 5.92 Å². The first-order chi connectivity index (χ1) is 14.0. The topological polar surface area (TPSA) is 36.3 Å². The highest BCUT2D eigenvalue weighted by atomic mass is 15.3. The average molecular weight is 394 g/mol. The molecule has 0 saturated carbocycles. The van der Waals surface area contributed by atoms with Gasteiger partial charge in [-0.15, -0.1) is 0 Å². The molecule has 2 aliphatic heterocycles. The number of benzene rings is 1. The van der Waals surface area contributed by atoms with Crippen molar-refractivity contribution in [3.8, 4) is 0 Å². The highest BCUT2D eigenvalue weighted by molar-refractivity contribution is 5.77. The number of aromatic nitrogens is 2. The number of rotatable bonds is 6. The third-order valence-corrected chi connectivity index (χ3v) is 6.55. The summed E-state index contributed by atoms with van der Waals surface area (Å²) in [5.41, 5.74) is 5.74. The molecule has 0 amide bonds. The van der Waals surface area contributed by atoms with E-state index < -0.39 is 0 Å². The smallest absolute Gasteiger partial charge is 0.123 e. The van der Waals surface area contributed by atoms with Crippen molar-refractivity contribution in [1.82, 2.24) is 24.7 Å². The first-order valence-electron chi connectivity index (χ1n) is 11.1. The van der Waals surface area contributed by atoms with Gasteiger partial charge >= 0.3 is 0 Å². The van der Waals surface area contributed by atoms with Crippen molar-refractivity contribution >= 4 is 11.0 Å². The first-order valence-corrected chi connectivity index (χ1v) is 11.1. The number of allylic oxidation sites excluding steroid dienone is 2. The van der Waals surface area contributed by atoms with E-state index in [-0.39, 0.29) is 0 Å². The van der Waals surface area contributed by atoms with Crippen molar-refractivity contribution in [1.29, 1.82) is 0 Å². The third-order valence-electron chi connectivity index (χ3n) is 6.55. The van der Waals surface area contributed by atoms with E-state index in [1.807, 2.05) is 0 Å². The van der Waals surface area contributed by atoms with Crippen molar-refractivity contribution in [2.24, 2.45) is 7.05 Å². The van der Waals surface area contributed by atoms with E-state index in [2.05, 4.69) is 65.0 Å². The molecule has 5 nitrogen and oxygen atoms in total. The molecule has 2 aromatic rings. The monoisotopic (exact) mass is 393 g/mol. The van der Waals surface area contributed by atoms with Crippen LogP contribution in [0.2, 0.25) is 0 Å². The van der Waals surface area contributed by atoms with Crippen LogP contribution in [0.5, 0.6) is 0 Å². The fourth-order valence-electron chi connectivity index (χ4n) is 4.61. The zero-order valence-corrected chi connectivity index (χ0v) is 18.1. The van der Waals surface area contributed by atoms with Gasteiger partial charge in [-0.3, -0.25) is 4.90 Å². The number of nitrogens with one attached hydrogen (secondary N) is 1. The number of imidazole rings is 1. The van der Waals surface area contributed by atoms with Gasteiger partial charge < -0.3 is 14.8 Å². The second kappa shape index (κ2) is 8.72. The van der Waals surface area contributed by atoms with Gasteiger partial charge in [0.15, 0.2) is 0 Å². The number of aryl methyl sites for hydroxylation is 1. The molecule has 1 aromatic carbocycles. The molecule has 1 aromatic heterocycles. The molecule has 0 aliphatic carbocycles. The largest absolute Gasteiger partial charge is 0.363 e. The highest BCUT2D eigenvalue weighted by Crippen LogP contribution is 2.33. The molecule has 2 aliphatic rings. The summed E-state index contributed by atoms with van der Waals surface area (Å²) in [5.74, 6) is 1.50. The Morgan fingerprint density at radius 1 is 1.14 bits per heavy atom. The predicted molar refractivity (Wildman–Crippen MR) is 121 cm³/mol. The molecule has 3 heterocycles. The Labute approximate surface area is 175 Å². The summed E-state index contributed by atoms with van der Waals surface area (Å²) in [6.07, 6.45) is 4.66. The molecular weight excluding hydrogens is 358 g/mol. The summed E-state index contributed by atoms with van der Waals surface area (Å²) >= 11 is 0. The Morgan fingerprint density at radius 3 is 2.62 bits per heavy atom. The van der Waals surface area contributed by atoms with Crippen LogP contribution in [0.15, 0.2) is 42.8 Å². The molecule has 1 unspecified atom stereocenters. The molecule has 0 spiro atoms. The molecule has 4 rings (SSSR count). The summed E-state index contributed by atoms with van der Waals surface area (Å²) in [6.45, 7) is 17.3. The van der Waals surface area contributed by atoms with Crippen LogP contribution in [-0.2, 0) is 13.6 Å². The van der Waals surface area contributed by atoms with Crippen molar-refractivity contribution in [2.75, 3.05) is 32.7 Å². The maximum atomic E-state index is 5.01. The van der Waals surface area contributed by atoms with Gasteiger partial charge in [-0.05, 0) is 43.5 Å². The number of fused-ring (bicyclic) bond motifs is 1. The van der Waals surface area contributed by atoms with Crippen molar-refractivity contribution in [3.63, 3.8) is 0 Å². The fraction of sp³-hybridized carbons (Fsp3) is 0.542. The molecule has 0 radical (unpaired) electrons. The van der Waals surface area contributed by atoms with Gasteiger partial charge in [0.25, 0.3) is 0 Å². The Kier molecular flexibility index (Phi) is 6.07. The highest BCUT2D eigenvalue weighted by Gasteiger charge is 2.22. The molecule has 156 valence electrons. The fourth-order valence-corrected chi connectivity index (χ4v) is 4.61. The minimum Gasteiger partial charge on any atom is -0.363 e. The van der Waals surface area contributed by atoms with Crippen LogP contribution < -0.4 is 5.32 Å². The number of hydrogen-bond donors (Lipinski definition) is 1. The number of piperazine rings is 1. The van der Waals surface area contributed by atoms with Crippen molar-refractivity contribution < 1.29 is 0 Å². The lowest BCUT2D eigenvalue weighted by Crippen LogP contribution is -2.46. The van der Waals surface area contributed by atoms with Gasteiger partial charge in [0, 0.05) is 50.5 Å². The molecule has 1 atom stereocenters. The second-order valence-electron chi connectivity index (χ2n) is 8.65. The minimum absolute atomic E-state index is 0.339. The van der Waals surface area contributed by atoms with Crippen LogP contribution in [0.4, 0.5) is 0 Å². The zero-order valence-electron chi connectivity index (χ0n) is 18.1. The van der Waals surface area contributed by atoms with E-state index >= 15 is 0 Å².